The van der Waals surface area contributed by atoms with Gasteiger partial charge in [0, 0.05) is 18.9 Å². The van der Waals surface area contributed by atoms with Gasteiger partial charge in [-0.2, -0.15) is 5.10 Å². The van der Waals surface area contributed by atoms with Crippen LogP contribution in [0.2, 0.25) is 0 Å². The molecular weight excluding hydrogens is 287 g/mol. The molecule has 2 N–H and O–H groups in total. The lowest BCUT2D eigenvalue weighted by atomic mass is 10.1. The normalized spacial score (nSPS) is 19.1. The molecule has 1 fully saturated rings. The average molecular weight is 309 g/mol. The van der Waals surface area contributed by atoms with Crippen molar-refractivity contribution in [2.24, 2.45) is 5.92 Å². The maximum Gasteiger partial charge on any atom is 0.244 e. The minimum atomic E-state index is -0.230. The summed E-state index contributed by atoms with van der Waals surface area (Å²) in [7, 11) is 0. The highest BCUT2D eigenvalue weighted by Gasteiger charge is 2.17. The minimum Gasteiger partial charge on any atom is -0.354 e. The molecule has 2 unspecified atom stereocenters. The Morgan fingerprint density at radius 2 is 2.37 bits per heavy atom. The fraction of sp³-hybridized carbons (Fsp3) is 0.667. The van der Waals surface area contributed by atoms with Crippen LogP contribution in [-0.4, -0.2) is 35.3 Å². The molecule has 1 saturated heterocycles. The molecule has 5 nitrogen and oxygen atoms in total. The molecule has 1 aliphatic rings. The van der Waals surface area contributed by atoms with E-state index in [-0.39, 0.29) is 36.8 Å². The van der Waals surface area contributed by atoms with E-state index in [4.69, 9.17) is 0 Å². The van der Waals surface area contributed by atoms with E-state index in [1.807, 2.05) is 19.2 Å². The second-order valence-electron chi connectivity index (χ2n) is 4.60. The van der Waals surface area contributed by atoms with Gasteiger partial charge in [-0.15, -0.1) is 24.8 Å². The topological polar surface area (TPSA) is 59.0 Å². The van der Waals surface area contributed by atoms with Crippen LogP contribution in [0.5, 0.6) is 0 Å². The van der Waals surface area contributed by atoms with Gasteiger partial charge in [0.25, 0.3) is 0 Å². The molecule has 2 atom stereocenters. The molecule has 0 aliphatic carbocycles. The lowest BCUT2D eigenvalue weighted by Crippen LogP contribution is -2.32. The number of carbonyl (C=O) groups is 1. The van der Waals surface area contributed by atoms with Crippen molar-refractivity contribution >= 4 is 30.7 Å². The summed E-state index contributed by atoms with van der Waals surface area (Å²) in [5, 5.41) is 10.4. The molecule has 19 heavy (non-hydrogen) atoms. The highest BCUT2D eigenvalue weighted by Crippen LogP contribution is 2.11. The molecule has 2 heterocycles. The molecular formula is C12H22Cl2N4O. The van der Waals surface area contributed by atoms with Crippen LogP contribution in [0.3, 0.4) is 0 Å². The summed E-state index contributed by atoms with van der Waals surface area (Å²) in [5.41, 5.74) is 0. The van der Waals surface area contributed by atoms with E-state index in [1.165, 1.54) is 6.42 Å². The number of aromatic nitrogens is 2. The Labute approximate surface area is 126 Å². The van der Waals surface area contributed by atoms with Gasteiger partial charge in [0.2, 0.25) is 5.91 Å². The van der Waals surface area contributed by atoms with E-state index in [9.17, 15) is 4.79 Å². The van der Waals surface area contributed by atoms with Gasteiger partial charge in [-0.1, -0.05) is 0 Å². The number of nitrogens with one attached hydrogen (secondary N) is 2. The fourth-order valence-corrected chi connectivity index (χ4v) is 2.14. The van der Waals surface area contributed by atoms with Crippen molar-refractivity contribution in [3.8, 4) is 0 Å². The largest absolute Gasteiger partial charge is 0.354 e. The molecule has 0 saturated carbocycles. The summed E-state index contributed by atoms with van der Waals surface area (Å²) >= 11 is 0. The van der Waals surface area contributed by atoms with Crippen LogP contribution in [-0.2, 0) is 4.79 Å². The highest BCUT2D eigenvalue weighted by atomic mass is 35.5. The van der Waals surface area contributed by atoms with Crippen molar-refractivity contribution < 1.29 is 4.79 Å². The van der Waals surface area contributed by atoms with Gasteiger partial charge in [-0.05, 0) is 44.8 Å². The first-order valence-electron chi connectivity index (χ1n) is 6.25. The molecule has 0 spiro atoms. The lowest BCUT2D eigenvalue weighted by molar-refractivity contribution is -0.124. The number of rotatable bonds is 5. The van der Waals surface area contributed by atoms with E-state index in [2.05, 4.69) is 15.7 Å². The maximum absolute atomic E-state index is 11.8. The average Bonchev–Trinajstić information content (AvgIpc) is 3.00. The molecule has 2 rings (SSSR count). The standard InChI is InChI=1S/C12H20N4O.2ClH/c1-10(16-8-2-5-15-16)12(17)14-7-4-11-3-6-13-9-11;;/h2,5,8,10-11,13H,3-4,6-7,9H2,1H3,(H,14,17);2*1H. The summed E-state index contributed by atoms with van der Waals surface area (Å²) in [4.78, 5) is 11.8. The Bertz CT molecular complexity index is 353. The van der Waals surface area contributed by atoms with Gasteiger partial charge in [-0.3, -0.25) is 9.48 Å². The fourth-order valence-electron chi connectivity index (χ4n) is 2.14. The van der Waals surface area contributed by atoms with Crippen molar-refractivity contribution in [1.82, 2.24) is 20.4 Å². The first kappa shape index (κ1) is 18.2. The third-order valence-corrected chi connectivity index (χ3v) is 3.32. The monoisotopic (exact) mass is 308 g/mol. The lowest BCUT2D eigenvalue weighted by Gasteiger charge is -2.14. The minimum absolute atomic E-state index is 0. The molecule has 7 heteroatoms. The van der Waals surface area contributed by atoms with Crippen LogP contribution in [0, 0.1) is 5.92 Å². The van der Waals surface area contributed by atoms with Crippen LogP contribution in [0.25, 0.3) is 0 Å². The predicted molar refractivity (Wildman–Crippen MR) is 80.0 cm³/mol. The van der Waals surface area contributed by atoms with Crippen molar-refractivity contribution in [3.05, 3.63) is 18.5 Å². The van der Waals surface area contributed by atoms with Crippen LogP contribution in [0.15, 0.2) is 18.5 Å². The van der Waals surface area contributed by atoms with Gasteiger partial charge in [-0.25, -0.2) is 0 Å². The summed E-state index contributed by atoms with van der Waals surface area (Å²) < 4.78 is 1.67. The first-order valence-corrected chi connectivity index (χ1v) is 6.25. The summed E-state index contributed by atoms with van der Waals surface area (Å²) in [5.74, 6) is 0.759. The van der Waals surface area contributed by atoms with Crippen molar-refractivity contribution in [2.75, 3.05) is 19.6 Å². The van der Waals surface area contributed by atoms with E-state index in [1.54, 1.807) is 10.9 Å². The molecule has 1 aromatic heterocycles. The number of amides is 1. The quantitative estimate of drug-likeness (QED) is 0.864. The molecule has 0 aromatic carbocycles. The van der Waals surface area contributed by atoms with Gasteiger partial charge in [0.1, 0.15) is 6.04 Å². The predicted octanol–water partition coefficient (Wildman–Crippen LogP) is 1.40. The van der Waals surface area contributed by atoms with Crippen molar-refractivity contribution in [3.63, 3.8) is 0 Å². The number of hydrogen-bond acceptors (Lipinski definition) is 3. The third-order valence-electron chi connectivity index (χ3n) is 3.32. The van der Waals surface area contributed by atoms with Gasteiger partial charge >= 0.3 is 0 Å². The molecule has 1 amide bonds. The zero-order chi connectivity index (χ0) is 12.1. The number of carbonyl (C=O) groups excluding carboxylic acids is 1. The molecule has 0 radical (unpaired) electrons. The van der Waals surface area contributed by atoms with Crippen molar-refractivity contribution in [2.45, 2.75) is 25.8 Å². The van der Waals surface area contributed by atoms with E-state index in [0.29, 0.717) is 0 Å². The summed E-state index contributed by atoms with van der Waals surface area (Å²) in [6.07, 6.45) is 5.79. The number of nitrogens with zero attached hydrogens (tertiary/aromatic N) is 2. The van der Waals surface area contributed by atoms with Crippen LogP contribution in [0.4, 0.5) is 0 Å². The first-order chi connectivity index (χ1) is 8.27. The Morgan fingerprint density at radius 1 is 1.58 bits per heavy atom. The Morgan fingerprint density at radius 3 is 2.95 bits per heavy atom. The third kappa shape index (κ3) is 5.38. The number of hydrogen-bond donors (Lipinski definition) is 2. The summed E-state index contributed by atoms with van der Waals surface area (Å²) in [6.45, 7) is 4.82. The Kier molecular flexibility index (Phi) is 8.80. The van der Waals surface area contributed by atoms with E-state index in [0.717, 1.165) is 32.0 Å². The number of halogens is 2. The van der Waals surface area contributed by atoms with Gasteiger partial charge < -0.3 is 10.6 Å². The Hall–Kier alpha value is -0.780. The SMILES string of the molecule is CC(C(=O)NCCC1CCNC1)n1cccn1.Cl.Cl. The van der Waals surface area contributed by atoms with Crippen LogP contribution < -0.4 is 10.6 Å². The maximum atomic E-state index is 11.8. The molecule has 1 aliphatic heterocycles. The summed E-state index contributed by atoms with van der Waals surface area (Å²) in [6, 6.07) is 1.60. The van der Waals surface area contributed by atoms with Crippen molar-refractivity contribution in [1.29, 1.82) is 0 Å². The smallest absolute Gasteiger partial charge is 0.244 e. The molecule has 0 bridgehead atoms. The second kappa shape index (κ2) is 9.18. The van der Waals surface area contributed by atoms with Crippen LogP contribution in [0.1, 0.15) is 25.8 Å². The molecule has 110 valence electrons. The van der Waals surface area contributed by atoms with Gasteiger partial charge in [0.05, 0.1) is 0 Å². The second-order valence-corrected chi connectivity index (χ2v) is 4.60. The van der Waals surface area contributed by atoms with E-state index >= 15 is 0 Å². The van der Waals surface area contributed by atoms with Gasteiger partial charge in [0.15, 0.2) is 0 Å². The van der Waals surface area contributed by atoms with Crippen LogP contribution >= 0.6 is 24.8 Å². The zero-order valence-electron chi connectivity index (χ0n) is 11.0. The van der Waals surface area contributed by atoms with E-state index < -0.39 is 0 Å². The zero-order valence-corrected chi connectivity index (χ0v) is 12.7. The Balaban J connectivity index is 0.00000162. The molecule has 1 aromatic rings. The highest BCUT2D eigenvalue weighted by molar-refractivity contribution is 5.85.